The molecule has 0 amide bonds. The quantitative estimate of drug-likeness (QED) is 0.620. The van der Waals surface area contributed by atoms with Crippen molar-refractivity contribution in [2.45, 2.75) is 10.9 Å². The Labute approximate surface area is 90.9 Å². The molecule has 78 valence electrons. The molecule has 0 aliphatic heterocycles. The van der Waals surface area contributed by atoms with E-state index >= 15 is 0 Å². The molecule has 0 aliphatic carbocycles. The molecule has 2 rings (SSSR count). The maximum absolute atomic E-state index is 13.0. The van der Waals surface area contributed by atoms with Crippen molar-refractivity contribution < 1.29 is 4.39 Å². The van der Waals surface area contributed by atoms with E-state index in [4.69, 9.17) is 5.73 Å². The molecule has 0 spiro atoms. The summed E-state index contributed by atoms with van der Waals surface area (Å²) in [6.45, 7) is 0. The van der Waals surface area contributed by atoms with E-state index in [-0.39, 0.29) is 5.82 Å². The van der Waals surface area contributed by atoms with Crippen molar-refractivity contribution >= 4 is 17.4 Å². The van der Waals surface area contributed by atoms with Gasteiger partial charge in [-0.1, -0.05) is 11.8 Å². The molecule has 0 bridgehead atoms. The third-order valence-corrected chi connectivity index (χ3v) is 2.80. The molecule has 2 aromatic rings. The highest BCUT2D eigenvalue weighted by Crippen LogP contribution is 2.20. The van der Waals surface area contributed by atoms with Crippen molar-refractivity contribution in [3.8, 4) is 0 Å². The van der Waals surface area contributed by atoms with Crippen molar-refractivity contribution in [1.29, 1.82) is 0 Å². The summed E-state index contributed by atoms with van der Waals surface area (Å²) >= 11 is 1.51. The van der Waals surface area contributed by atoms with Crippen LogP contribution < -0.4 is 5.73 Å². The number of H-pyrrole nitrogens is 1. The van der Waals surface area contributed by atoms with Gasteiger partial charge in [-0.2, -0.15) is 0 Å². The van der Waals surface area contributed by atoms with Crippen molar-refractivity contribution in [3.05, 3.63) is 42.0 Å². The van der Waals surface area contributed by atoms with Crippen LogP contribution in [0.5, 0.6) is 0 Å². The zero-order valence-electron chi connectivity index (χ0n) is 7.90. The highest BCUT2D eigenvalue weighted by atomic mass is 32.2. The Bertz CT molecular complexity index is 422. The molecule has 3 nitrogen and oxygen atoms in total. The smallest absolute Gasteiger partial charge is 0.165 e. The lowest BCUT2D eigenvalue weighted by molar-refractivity contribution is 0.627. The normalized spacial score (nSPS) is 10.5. The van der Waals surface area contributed by atoms with Gasteiger partial charge in [0.15, 0.2) is 5.16 Å². The van der Waals surface area contributed by atoms with Crippen LogP contribution in [-0.2, 0) is 5.75 Å². The van der Waals surface area contributed by atoms with Crippen LogP contribution in [0.1, 0.15) is 5.56 Å². The number of halogens is 1. The first-order valence-electron chi connectivity index (χ1n) is 4.41. The van der Waals surface area contributed by atoms with Gasteiger partial charge in [-0.15, -0.1) is 0 Å². The van der Waals surface area contributed by atoms with Crippen molar-refractivity contribution in [2.24, 2.45) is 0 Å². The van der Waals surface area contributed by atoms with Crippen LogP contribution in [0.2, 0.25) is 0 Å². The van der Waals surface area contributed by atoms with Gasteiger partial charge in [0.25, 0.3) is 0 Å². The average molecular weight is 223 g/mol. The molecular formula is C10H10FN3S. The molecule has 5 heteroatoms. The van der Waals surface area contributed by atoms with Crippen molar-refractivity contribution in [2.75, 3.05) is 5.73 Å². The van der Waals surface area contributed by atoms with E-state index in [1.807, 2.05) is 0 Å². The summed E-state index contributed by atoms with van der Waals surface area (Å²) in [6, 6.07) is 4.55. The molecule has 0 saturated carbocycles. The largest absolute Gasteiger partial charge is 0.399 e. The molecule has 0 saturated heterocycles. The van der Waals surface area contributed by atoms with Gasteiger partial charge in [0, 0.05) is 23.8 Å². The minimum Gasteiger partial charge on any atom is -0.399 e. The second-order valence-corrected chi connectivity index (χ2v) is 4.04. The molecule has 0 aliphatic rings. The number of aromatic nitrogens is 2. The Morgan fingerprint density at radius 1 is 1.40 bits per heavy atom. The molecule has 3 N–H and O–H groups in total. The van der Waals surface area contributed by atoms with Crippen molar-refractivity contribution in [3.63, 3.8) is 0 Å². The molecule has 1 aromatic carbocycles. The minimum absolute atomic E-state index is 0.301. The average Bonchev–Trinajstić information content (AvgIpc) is 2.65. The van der Waals surface area contributed by atoms with Gasteiger partial charge in [0.2, 0.25) is 0 Å². The summed E-state index contributed by atoms with van der Waals surface area (Å²) in [7, 11) is 0. The molecule has 0 unspecified atom stereocenters. The van der Waals surface area contributed by atoms with E-state index in [9.17, 15) is 4.39 Å². The van der Waals surface area contributed by atoms with E-state index in [2.05, 4.69) is 9.97 Å². The van der Waals surface area contributed by atoms with Crippen LogP contribution in [-0.4, -0.2) is 9.97 Å². The summed E-state index contributed by atoms with van der Waals surface area (Å²) in [5, 5.41) is 0.817. The predicted octanol–water partition coefficient (Wildman–Crippen LogP) is 2.42. The fourth-order valence-corrected chi connectivity index (χ4v) is 2.00. The lowest BCUT2D eigenvalue weighted by Crippen LogP contribution is -1.90. The van der Waals surface area contributed by atoms with Crippen LogP contribution in [0.3, 0.4) is 0 Å². The third-order valence-electron chi connectivity index (χ3n) is 1.83. The van der Waals surface area contributed by atoms with E-state index in [0.29, 0.717) is 11.4 Å². The number of aromatic amines is 1. The zero-order valence-corrected chi connectivity index (χ0v) is 8.72. The maximum atomic E-state index is 13.0. The number of nitrogens with two attached hydrogens (primary N) is 1. The van der Waals surface area contributed by atoms with Gasteiger partial charge in [-0.25, -0.2) is 9.37 Å². The zero-order chi connectivity index (χ0) is 10.7. The van der Waals surface area contributed by atoms with Gasteiger partial charge in [0.05, 0.1) is 0 Å². The molecule has 0 fully saturated rings. The highest BCUT2D eigenvalue weighted by molar-refractivity contribution is 7.98. The number of thioether (sulfide) groups is 1. The topological polar surface area (TPSA) is 54.7 Å². The second-order valence-electron chi connectivity index (χ2n) is 3.08. The number of hydrogen-bond acceptors (Lipinski definition) is 3. The number of hydrogen-bond donors (Lipinski definition) is 2. The number of rotatable bonds is 3. The number of benzene rings is 1. The summed E-state index contributed by atoms with van der Waals surface area (Å²) in [6.07, 6.45) is 3.44. The SMILES string of the molecule is Nc1cc(F)cc(CSc2ncc[nH]2)c1. The Hall–Kier alpha value is -1.49. The van der Waals surface area contributed by atoms with Gasteiger partial charge in [0.1, 0.15) is 5.82 Å². The Morgan fingerprint density at radius 3 is 2.93 bits per heavy atom. The maximum Gasteiger partial charge on any atom is 0.165 e. The van der Waals surface area contributed by atoms with E-state index in [1.54, 1.807) is 18.5 Å². The fourth-order valence-electron chi connectivity index (χ4n) is 1.24. The summed E-state index contributed by atoms with van der Waals surface area (Å²) in [5.41, 5.74) is 6.84. The van der Waals surface area contributed by atoms with Gasteiger partial charge in [-0.3, -0.25) is 0 Å². The molecular weight excluding hydrogens is 213 g/mol. The monoisotopic (exact) mass is 223 g/mol. The van der Waals surface area contributed by atoms with Crippen molar-refractivity contribution in [1.82, 2.24) is 9.97 Å². The van der Waals surface area contributed by atoms with Crippen LogP contribution >= 0.6 is 11.8 Å². The Balaban J connectivity index is 2.05. The number of anilines is 1. The second kappa shape index (κ2) is 4.35. The van der Waals surface area contributed by atoms with E-state index < -0.39 is 0 Å². The first kappa shape index (κ1) is 10.0. The Kier molecular flexibility index (Phi) is 2.91. The fraction of sp³-hybridized carbons (Fsp3) is 0.100. The minimum atomic E-state index is -0.301. The molecule has 1 aromatic heterocycles. The van der Waals surface area contributed by atoms with Crippen LogP contribution in [0.25, 0.3) is 0 Å². The molecule has 0 radical (unpaired) electrons. The Morgan fingerprint density at radius 2 is 2.27 bits per heavy atom. The summed E-state index contributed by atoms with van der Waals surface area (Å²) in [5.74, 6) is 0.347. The van der Waals surface area contributed by atoms with Crippen LogP contribution in [0, 0.1) is 5.82 Å². The molecule has 1 heterocycles. The van der Waals surface area contributed by atoms with Gasteiger partial charge in [-0.05, 0) is 23.8 Å². The summed E-state index contributed by atoms with van der Waals surface area (Å²) in [4.78, 5) is 7.02. The number of nitrogen functional groups attached to an aromatic ring is 1. The van der Waals surface area contributed by atoms with Crippen LogP contribution in [0.15, 0.2) is 35.7 Å². The molecule has 15 heavy (non-hydrogen) atoms. The van der Waals surface area contributed by atoms with E-state index in [0.717, 1.165) is 10.7 Å². The standard InChI is InChI=1S/C10H10FN3S/c11-8-3-7(4-9(12)5-8)6-15-10-13-1-2-14-10/h1-5H,6,12H2,(H,13,14). The molecule has 0 atom stereocenters. The third kappa shape index (κ3) is 2.73. The number of nitrogens with zero attached hydrogens (tertiary/aromatic N) is 1. The number of imidazole rings is 1. The lowest BCUT2D eigenvalue weighted by atomic mass is 10.2. The first-order valence-corrected chi connectivity index (χ1v) is 5.40. The van der Waals surface area contributed by atoms with Gasteiger partial charge >= 0.3 is 0 Å². The van der Waals surface area contributed by atoms with Crippen LogP contribution in [0.4, 0.5) is 10.1 Å². The lowest BCUT2D eigenvalue weighted by Gasteiger charge is -2.01. The van der Waals surface area contributed by atoms with E-state index in [1.165, 1.54) is 23.9 Å². The predicted molar refractivity (Wildman–Crippen MR) is 59.0 cm³/mol. The highest BCUT2D eigenvalue weighted by Gasteiger charge is 2.01. The number of nitrogens with one attached hydrogen (secondary N) is 1. The van der Waals surface area contributed by atoms with Gasteiger partial charge < -0.3 is 10.7 Å². The first-order chi connectivity index (χ1) is 7.24. The summed E-state index contributed by atoms with van der Waals surface area (Å²) < 4.78 is 13.0.